The Kier molecular flexibility index (Phi) is 6.51. The fraction of sp³-hybridized carbons (Fsp3) is 0.261. The largest absolute Gasteiger partial charge is 0.464 e. The third-order valence-electron chi connectivity index (χ3n) is 4.86. The van der Waals surface area contributed by atoms with Crippen LogP contribution in [0.4, 0.5) is 5.82 Å². The van der Waals surface area contributed by atoms with Crippen molar-refractivity contribution < 1.29 is 9.53 Å². The van der Waals surface area contributed by atoms with Crippen molar-refractivity contribution in [1.82, 2.24) is 19.7 Å². The van der Waals surface area contributed by atoms with Gasteiger partial charge in [-0.3, -0.25) is 0 Å². The zero-order valence-corrected chi connectivity index (χ0v) is 17.7. The van der Waals surface area contributed by atoms with E-state index in [2.05, 4.69) is 40.7 Å². The minimum Gasteiger partial charge on any atom is -0.464 e. The summed E-state index contributed by atoms with van der Waals surface area (Å²) < 4.78 is 6.68. The number of esters is 1. The van der Waals surface area contributed by atoms with Gasteiger partial charge in [0, 0.05) is 17.3 Å². The lowest BCUT2D eigenvalue weighted by atomic mass is 10.1. The first kappa shape index (κ1) is 21.1. The number of hydrogen-bond acceptors (Lipinski definition) is 6. The van der Waals surface area contributed by atoms with Gasteiger partial charge in [0.05, 0.1) is 13.7 Å². The Balaban J connectivity index is 2.18. The van der Waals surface area contributed by atoms with Crippen molar-refractivity contribution in [2.24, 2.45) is 4.99 Å². The molecular formula is C23H25N5O2. The van der Waals surface area contributed by atoms with Gasteiger partial charge < -0.3 is 4.74 Å². The Morgan fingerprint density at radius 3 is 2.70 bits per heavy atom. The summed E-state index contributed by atoms with van der Waals surface area (Å²) in [6.45, 7) is 10.2. The van der Waals surface area contributed by atoms with Crippen LogP contribution in [0.5, 0.6) is 0 Å². The van der Waals surface area contributed by atoms with E-state index in [1.54, 1.807) is 10.9 Å². The molecule has 0 fully saturated rings. The van der Waals surface area contributed by atoms with Gasteiger partial charge in [0.15, 0.2) is 17.3 Å². The van der Waals surface area contributed by atoms with Crippen molar-refractivity contribution in [3.8, 4) is 11.5 Å². The van der Waals surface area contributed by atoms with Crippen LogP contribution >= 0.6 is 0 Å². The van der Waals surface area contributed by atoms with Gasteiger partial charge in [-0.25, -0.2) is 24.4 Å². The molecule has 1 aromatic carbocycles. The van der Waals surface area contributed by atoms with E-state index in [0.717, 1.165) is 22.3 Å². The molecule has 2 heterocycles. The minimum atomic E-state index is -0.496. The molecule has 0 saturated heterocycles. The van der Waals surface area contributed by atoms with E-state index < -0.39 is 5.97 Å². The number of ether oxygens (including phenoxy) is 1. The first-order valence-electron chi connectivity index (χ1n) is 9.73. The number of aryl methyl sites for hydroxylation is 2. The molecule has 7 heteroatoms. The zero-order chi connectivity index (χ0) is 21.7. The predicted octanol–water partition coefficient (Wildman–Crippen LogP) is 4.41. The topological polar surface area (TPSA) is 82.3 Å². The Bertz CT molecular complexity index is 1110. The van der Waals surface area contributed by atoms with Crippen molar-refractivity contribution in [3.05, 3.63) is 64.5 Å². The quantitative estimate of drug-likeness (QED) is 0.431. The number of carbonyl (C=O) groups is 1. The Morgan fingerprint density at radius 2 is 2.07 bits per heavy atom. The molecule has 3 rings (SSSR count). The number of allylic oxidation sites excluding steroid dienone is 1. The molecule has 0 aliphatic carbocycles. The number of aliphatic imine (C=N–C) groups is 1. The van der Waals surface area contributed by atoms with Crippen LogP contribution in [-0.2, 0) is 17.7 Å². The summed E-state index contributed by atoms with van der Waals surface area (Å²) in [5, 5.41) is 4.74. The van der Waals surface area contributed by atoms with Gasteiger partial charge in [-0.15, -0.1) is 0 Å². The number of hydrogen-bond donors (Lipinski definition) is 0. The SMILES string of the molecule is C=Nc1c(/C=C\C)c(-c2ncc(CC)c(C(=O)OC)n2)nn1Cc1ccccc1C. The lowest BCUT2D eigenvalue weighted by molar-refractivity contribution is 0.0592. The second kappa shape index (κ2) is 9.26. The van der Waals surface area contributed by atoms with Crippen LogP contribution in [0.3, 0.4) is 0 Å². The van der Waals surface area contributed by atoms with Gasteiger partial charge in [0.2, 0.25) is 0 Å². The first-order valence-corrected chi connectivity index (χ1v) is 9.73. The van der Waals surface area contributed by atoms with E-state index >= 15 is 0 Å². The first-order chi connectivity index (χ1) is 14.5. The molecule has 0 amide bonds. The average molecular weight is 403 g/mol. The molecule has 7 nitrogen and oxygen atoms in total. The maximum atomic E-state index is 12.2. The van der Waals surface area contributed by atoms with Gasteiger partial charge >= 0.3 is 5.97 Å². The van der Waals surface area contributed by atoms with E-state index in [1.807, 2.05) is 38.1 Å². The van der Waals surface area contributed by atoms with Gasteiger partial charge in [0.1, 0.15) is 5.69 Å². The summed E-state index contributed by atoms with van der Waals surface area (Å²) in [7, 11) is 1.34. The zero-order valence-electron chi connectivity index (χ0n) is 17.7. The standard InChI is InChI=1S/C23H25N5O2/c1-6-10-18-20(21-25-13-16(7-2)19(26-21)23(29)30-5)27-28(22(18)24-4)14-17-12-9-8-11-15(17)3/h6,8-13H,4,7,14H2,1-3,5H3/b10-6-. The maximum absolute atomic E-state index is 12.2. The van der Waals surface area contributed by atoms with Crippen LogP contribution in [-0.4, -0.2) is 39.5 Å². The summed E-state index contributed by atoms with van der Waals surface area (Å²) in [5.41, 5.74) is 4.55. The maximum Gasteiger partial charge on any atom is 0.357 e. The van der Waals surface area contributed by atoms with Crippen LogP contribution in [0, 0.1) is 6.92 Å². The molecule has 0 atom stereocenters. The molecule has 3 aromatic rings. The summed E-state index contributed by atoms with van der Waals surface area (Å²) in [4.78, 5) is 25.4. The molecule has 0 spiro atoms. The van der Waals surface area contributed by atoms with Crippen molar-refractivity contribution in [2.75, 3.05) is 7.11 Å². The highest BCUT2D eigenvalue weighted by Gasteiger charge is 2.22. The van der Waals surface area contributed by atoms with E-state index in [1.165, 1.54) is 7.11 Å². The molecule has 0 unspecified atom stereocenters. The molecule has 0 N–H and O–H groups in total. The number of nitrogens with zero attached hydrogens (tertiary/aromatic N) is 5. The van der Waals surface area contributed by atoms with E-state index in [0.29, 0.717) is 30.3 Å². The molecule has 30 heavy (non-hydrogen) atoms. The molecule has 154 valence electrons. The smallest absolute Gasteiger partial charge is 0.357 e. The highest BCUT2D eigenvalue weighted by Crippen LogP contribution is 2.31. The monoisotopic (exact) mass is 403 g/mol. The van der Waals surface area contributed by atoms with Crippen molar-refractivity contribution in [1.29, 1.82) is 0 Å². The second-order valence-electron chi connectivity index (χ2n) is 6.74. The normalized spacial score (nSPS) is 11.1. The predicted molar refractivity (Wildman–Crippen MR) is 118 cm³/mol. The number of aromatic nitrogens is 4. The third-order valence-corrected chi connectivity index (χ3v) is 4.86. The van der Waals surface area contributed by atoms with E-state index in [9.17, 15) is 4.79 Å². The van der Waals surface area contributed by atoms with Crippen LogP contribution in [0.1, 0.15) is 46.6 Å². The van der Waals surface area contributed by atoms with Crippen molar-refractivity contribution >= 4 is 24.6 Å². The van der Waals surface area contributed by atoms with E-state index in [4.69, 9.17) is 9.84 Å². The molecule has 0 aliphatic heterocycles. The molecule has 0 radical (unpaired) electrons. The summed E-state index contributed by atoms with van der Waals surface area (Å²) in [5.74, 6) is 0.466. The van der Waals surface area contributed by atoms with Gasteiger partial charge in [0.25, 0.3) is 0 Å². The third kappa shape index (κ3) is 4.05. The van der Waals surface area contributed by atoms with Gasteiger partial charge in [-0.1, -0.05) is 43.3 Å². The summed E-state index contributed by atoms with van der Waals surface area (Å²) >= 11 is 0. The summed E-state index contributed by atoms with van der Waals surface area (Å²) in [6, 6.07) is 8.11. The van der Waals surface area contributed by atoms with Crippen LogP contribution < -0.4 is 0 Å². The molecule has 0 aliphatic rings. The van der Waals surface area contributed by atoms with Crippen LogP contribution in [0.2, 0.25) is 0 Å². The fourth-order valence-electron chi connectivity index (χ4n) is 3.23. The number of carbonyl (C=O) groups excluding carboxylic acids is 1. The lowest BCUT2D eigenvalue weighted by Crippen LogP contribution is -2.10. The Hall–Kier alpha value is -3.61. The van der Waals surface area contributed by atoms with Crippen molar-refractivity contribution in [2.45, 2.75) is 33.7 Å². The number of benzene rings is 1. The number of rotatable bonds is 7. The highest BCUT2D eigenvalue weighted by atomic mass is 16.5. The second-order valence-corrected chi connectivity index (χ2v) is 6.74. The van der Waals surface area contributed by atoms with Gasteiger partial charge in [-0.2, -0.15) is 5.10 Å². The van der Waals surface area contributed by atoms with Gasteiger partial charge in [-0.05, 0) is 38.1 Å². The van der Waals surface area contributed by atoms with Crippen LogP contribution in [0.25, 0.3) is 17.6 Å². The number of methoxy groups -OCH3 is 1. The Labute approximate surface area is 176 Å². The van der Waals surface area contributed by atoms with Crippen molar-refractivity contribution in [3.63, 3.8) is 0 Å². The summed E-state index contributed by atoms with van der Waals surface area (Å²) in [6.07, 6.45) is 6.06. The Morgan fingerprint density at radius 1 is 1.30 bits per heavy atom. The molecular weight excluding hydrogens is 378 g/mol. The molecule has 0 saturated carbocycles. The molecule has 2 aromatic heterocycles. The highest BCUT2D eigenvalue weighted by molar-refractivity contribution is 5.89. The van der Waals surface area contributed by atoms with E-state index in [-0.39, 0.29) is 5.69 Å². The lowest BCUT2D eigenvalue weighted by Gasteiger charge is -2.07. The molecule has 0 bridgehead atoms. The minimum absolute atomic E-state index is 0.248. The average Bonchev–Trinajstić information content (AvgIpc) is 3.11. The van der Waals surface area contributed by atoms with Crippen LogP contribution in [0.15, 0.2) is 41.5 Å². The fourth-order valence-corrected chi connectivity index (χ4v) is 3.23.